The minimum absolute atomic E-state index is 0.609. The lowest BCUT2D eigenvalue weighted by molar-refractivity contribution is 0.669. The zero-order chi connectivity index (χ0) is 54.6. The van der Waals surface area contributed by atoms with E-state index in [4.69, 9.17) is 4.42 Å². The molecule has 0 saturated carbocycles. The van der Waals surface area contributed by atoms with Crippen molar-refractivity contribution in [1.29, 1.82) is 0 Å². The second-order valence-corrected chi connectivity index (χ2v) is 21.9. The van der Waals surface area contributed by atoms with Crippen molar-refractivity contribution in [2.24, 2.45) is 0 Å². The van der Waals surface area contributed by atoms with Crippen molar-refractivity contribution < 1.29 is 4.42 Å². The summed E-state index contributed by atoms with van der Waals surface area (Å²) in [7, 11) is 0. The van der Waals surface area contributed by atoms with Gasteiger partial charge < -0.3 is 18.8 Å². The van der Waals surface area contributed by atoms with Gasteiger partial charge in [0.15, 0.2) is 5.58 Å². The highest BCUT2D eigenvalue weighted by Gasteiger charge is 2.52. The van der Waals surface area contributed by atoms with Gasteiger partial charge in [0.1, 0.15) is 5.58 Å². The summed E-state index contributed by atoms with van der Waals surface area (Å²) >= 11 is 0. The van der Waals surface area contributed by atoms with Gasteiger partial charge in [-0.2, -0.15) is 0 Å². The number of hydrogen-bond donors (Lipinski definition) is 0. The molecule has 2 aliphatic carbocycles. The molecule has 0 bridgehead atoms. The van der Waals surface area contributed by atoms with Crippen molar-refractivity contribution in [3.05, 3.63) is 332 Å². The van der Waals surface area contributed by atoms with E-state index in [1.165, 1.54) is 71.9 Å². The van der Waals surface area contributed by atoms with Crippen LogP contribution < -0.4 is 9.80 Å². The molecule has 15 aromatic rings. The van der Waals surface area contributed by atoms with Gasteiger partial charge in [-0.1, -0.05) is 212 Å². The van der Waals surface area contributed by atoms with Crippen LogP contribution >= 0.6 is 0 Å². The summed E-state index contributed by atoms with van der Waals surface area (Å²) in [5.74, 6) is 0. The van der Waals surface area contributed by atoms with Crippen molar-refractivity contribution >= 4 is 77.9 Å². The van der Waals surface area contributed by atoms with Gasteiger partial charge in [-0.15, -0.1) is 0 Å². The Labute approximate surface area is 481 Å². The van der Waals surface area contributed by atoms with E-state index in [2.05, 4.69) is 324 Å². The molecule has 0 saturated heterocycles. The molecule has 4 heteroatoms. The third-order valence-corrected chi connectivity index (χ3v) is 17.5. The Balaban J connectivity index is 0.936. The van der Waals surface area contributed by atoms with Crippen molar-refractivity contribution in [2.45, 2.75) is 5.41 Å². The molecule has 1 atom stereocenters. The maximum absolute atomic E-state index is 6.94. The Morgan fingerprint density at radius 1 is 0.301 bits per heavy atom. The van der Waals surface area contributed by atoms with Gasteiger partial charge in [-0.3, -0.25) is 0 Å². The molecule has 4 nitrogen and oxygen atoms in total. The molecule has 2 aromatic heterocycles. The monoisotopic (exact) mass is 1060 g/mol. The van der Waals surface area contributed by atoms with Crippen LogP contribution in [0.1, 0.15) is 22.3 Å². The van der Waals surface area contributed by atoms with Gasteiger partial charge in [0.05, 0.1) is 22.1 Å². The minimum Gasteiger partial charge on any atom is -0.454 e. The molecule has 0 N–H and O–H groups in total. The van der Waals surface area contributed by atoms with Crippen LogP contribution in [-0.4, -0.2) is 4.57 Å². The number of anilines is 6. The van der Waals surface area contributed by atoms with E-state index in [-0.39, 0.29) is 0 Å². The molecule has 0 aliphatic heterocycles. The third kappa shape index (κ3) is 7.06. The fourth-order valence-corrected chi connectivity index (χ4v) is 14.1. The fraction of sp³-hybridized carbons (Fsp3) is 0.0127. The first kappa shape index (κ1) is 46.9. The summed E-state index contributed by atoms with van der Waals surface area (Å²) < 4.78 is 9.39. The molecule has 17 rings (SSSR count). The molecule has 0 radical (unpaired) electrons. The molecular weight excluding hydrogens is 1010 g/mol. The first-order chi connectivity index (χ1) is 41.2. The van der Waals surface area contributed by atoms with E-state index in [1.807, 2.05) is 0 Å². The molecular formula is C79H51N3O. The predicted molar refractivity (Wildman–Crippen MR) is 345 cm³/mol. The summed E-state index contributed by atoms with van der Waals surface area (Å²) in [6.45, 7) is 0. The molecule has 1 unspecified atom stereocenters. The molecule has 13 aromatic carbocycles. The first-order valence-corrected chi connectivity index (χ1v) is 28.6. The highest BCUT2D eigenvalue weighted by Crippen LogP contribution is 2.65. The summed E-state index contributed by atoms with van der Waals surface area (Å²) in [5.41, 5.74) is 25.5. The fourth-order valence-electron chi connectivity index (χ4n) is 14.1. The van der Waals surface area contributed by atoms with Gasteiger partial charge >= 0.3 is 0 Å². The van der Waals surface area contributed by atoms with Crippen LogP contribution in [0.3, 0.4) is 0 Å². The van der Waals surface area contributed by atoms with Crippen LogP contribution in [0.5, 0.6) is 0 Å². The smallest absolute Gasteiger partial charge is 0.159 e. The zero-order valence-corrected chi connectivity index (χ0v) is 45.2. The SMILES string of the molecule is c1ccc(-c2ccc(N(c3cc(-c4ccc5c(c4)C4(c6ccccc6-5)c5ccccc5-c5c4ccc4c5c5ccccc5n4-c4ccccc4)cc(N(c4ccccc4)c4ccccc4)c3)c3cccc4c3oc3ccccc34)cc2)cc1. The first-order valence-electron chi connectivity index (χ1n) is 28.6. The van der Waals surface area contributed by atoms with Crippen molar-refractivity contribution in [1.82, 2.24) is 4.57 Å². The van der Waals surface area contributed by atoms with E-state index in [9.17, 15) is 0 Å². The second-order valence-electron chi connectivity index (χ2n) is 21.9. The maximum Gasteiger partial charge on any atom is 0.159 e. The van der Waals surface area contributed by atoms with E-state index in [1.54, 1.807) is 0 Å². The number of para-hydroxylation sites is 6. The quantitative estimate of drug-likeness (QED) is 0.144. The topological polar surface area (TPSA) is 24.6 Å². The molecule has 2 heterocycles. The van der Waals surface area contributed by atoms with Crippen molar-refractivity contribution in [3.63, 3.8) is 0 Å². The molecule has 0 amide bonds. The Bertz CT molecular complexity index is 4990. The summed E-state index contributed by atoms with van der Waals surface area (Å²) in [5, 5.41) is 4.68. The molecule has 83 heavy (non-hydrogen) atoms. The molecule has 388 valence electrons. The predicted octanol–water partition coefficient (Wildman–Crippen LogP) is 21.3. The van der Waals surface area contributed by atoms with Crippen LogP contribution in [-0.2, 0) is 5.41 Å². The highest BCUT2D eigenvalue weighted by atomic mass is 16.3. The lowest BCUT2D eigenvalue weighted by atomic mass is 9.70. The molecule has 1 spiro atoms. The normalized spacial score (nSPS) is 13.8. The second kappa shape index (κ2) is 18.6. The number of rotatable bonds is 9. The molecule has 2 aliphatic rings. The van der Waals surface area contributed by atoms with Crippen molar-refractivity contribution in [2.75, 3.05) is 9.80 Å². The third-order valence-electron chi connectivity index (χ3n) is 17.5. The van der Waals surface area contributed by atoms with E-state index < -0.39 is 5.41 Å². The number of aromatic nitrogens is 1. The average molecular weight is 1060 g/mol. The van der Waals surface area contributed by atoms with E-state index >= 15 is 0 Å². The number of furan rings is 1. The van der Waals surface area contributed by atoms with E-state index in [0.29, 0.717) is 0 Å². The largest absolute Gasteiger partial charge is 0.454 e. The maximum atomic E-state index is 6.94. The summed E-state index contributed by atoms with van der Waals surface area (Å²) in [4.78, 5) is 4.78. The minimum atomic E-state index is -0.609. The van der Waals surface area contributed by atoms with Crippen LogP contribution in [0.25, 0.3) is 93.9 Å². The number of hydrogen-bond acceptors (Lipinski definition) is 3. The number of benzene rings is 13. The van der Waals surface area contributed by atoms with Gasteiger partial charge in [-0.25, -0.2) is 0 Å². The van der Waals surface area contributed by atoms with Crippen LogP contribution in [0.15, 0.2) is 314 Å². The highest BCUT2D eigenvalue weighted by molar-refractivity contribution is 6.19. The van der Waals surface area contributed by atoms with Crippen molar-refractivity contribution in [3.8, 4) is 50.2 Å². The Hall–Kier alpha value is -10.9. The zero-order valence-electron chi connectivity index (χ0n) is 45.2. The lowest BCUT2D eigenvalue weighted by Gasteiger charge is -2.31. The average Bonchev–Trinajstić information content (AvgIpc) is 1.59. The standard InChI is InChI=1S/C79H51N3O/c1-5-22-52(23-6-1)53-40-43-59(44-41-53)81(74-38-21-34-65-64-31-16-20-39-75(64)83-78(65)74)61-49-55(48-60(51-61)80(56-24-7-2-8-25-56)57-26-9-3-10-27-57)54-42-45-63-62-30-13-17-35-68(62)79(71(63)50-54)69-36-18-14-32-66(69)76-70(79)46-47-73-77(76)67-33-15-19-37-72(67)82(73)58-28-11-4-12-29-58/h1-51H. The van der Waals surface area contributed by atoms with Gasteiger partial charge in [0, 0.05) is 55.7 Å². The Morgan fingerprint density at radius 3 is 1.60 bits per heavy atom. The van der Waals surface area contributed by atoms with Crippen LogP contribution in [0.4, 0.5) is 34.1 Å². The lowest BCUT2D eigenvalue weighted by Crippen LogP contribution is -2.25. The van der Waals surface area contributed by atoms with E-state index in [0.717, 1.165) is 78.4 Å². The Kier molecular flexibility index (Phi) is 10.5. The summed E-state index contributed by atoms with van der Waals surface area (Å²) in [6.07, 6.45) is 0. The Morgan fingerprint density at radius 2 is 0.855 bits per heavy atom. The van der Waals surface area contributed by atoms with Gasteiger partial charge in [0.25, 0.3) is 0 Å². The summed E-state index contributed by atoms with van der Waals surface area (Å²) in [6, 6.07) is 113. The van der Waals surface area contributed by atoms with Crippen LogP contribution in [0.2, 0.25) is 0 Å². The number of nitrogens with zero attached hydrogens (tertiary/aromatic N) is 3. The van der Waals surface area contributed by atoms with Gasteiger partial charge in [0.2, 0.25) is 0 Å². The van der Waals surface area contributed by atoms with Gasteiger partial charge in [-0.05, 0) is 164 Å². The molecule has 0 fully saturated rings. The van der Waals surface area contributed by atoms with Crippen LogP contribution in [0, 0.1) is 0 Å². The number of fused-ring (bicyclic) bond motifs is 17.